The first kappa shape index (κ1) is 18.9. The molecule has 0 aliphatic heterocycles. The Balaban J connectivity index is 1.82. The third kappa shape index (κ3) is 3.62. The zero-order chi connectivity index (χ0) is 21.1. The van der Waals surface area contributed by atoms with Gasteiger partial charge in [0.2, 0.25) is 5.91 Å². The fourth-order valence-corrected chi connectivity index (χ4v) is 3.21. The second-order valence-corrected chi connectivity index (χ2v) is 6.51. The van der Waals surface area contributed by atoms with E-state index in [1.807, 2.05) is 30.5 Å². The number of amides is 1. The molecule has 3 heterocycles. The van der Waals surface area contributed by atoms with E-state index in [-0.39, 0.29) is 5.91 Å². The molecule has 7 nitrogen and oxygen atoms in total. The smallest absolute Gasteiger partial charge is 0.247 e. The zero-order valence-electron chi connectivity index (χ0n) is 16.1. The van der Waals surface area contributed by atoms with Gasteiger partial charge in [-0.25, -0.2) is 9.97 Å². The quantitative estimate of drug-likeness (QED) is 0.491. The molecule has 0 atom stereocenters. The fourth-order valence-electron chi connectivity index (χ4n) is 3.21. The maximum absolute atomic E-state index is 11.7. The number of methoxy groups -OCH3 is 1. The summed E-state index contributed by atoms with van der Waals surface area (Å²) in [7, 11) is 1.57. The van der Waals surface area contributed by atoms with Crippen LogP contribution in [0.5, 0.6) is 5.75 Å². The van der Waals surface area contributed by atoms with E-state index in [9.17, 15) is 4.79 Å². The van der Waals surface area contributed by atoms with Gasteiger partial charge in [-0.1, -0.05) is 6.58 Å². The summed E-state index contributed by atoms with van der Waals surface area (Å²) in [6.45, 7) is 3.48. The maximum atomic E-state index is 11.7. The van der Waals surface area contributed by atoms with Crippen LogP contribution >= 0.6 is 0 Å². The Morgan fingerprint density at radius 1 is 1.20 bits per heavy atom. The van der Waals surface area contributed by atoms with E-state index in [1.165, 1.54) is 6.08 Å². The summed E-state index contributed by atoms with van der Waals surface area (Å²) in [5, 5.41) is 12.8. The van der Waals surface area contributed by atoms with Crippen molar-refractivity contribution >= 4 is 22.6 Å². The van der Waals surface area contributed by atoms with Gasteiger partial charge in [0.25, 0.3) is 0 Å². The third-order valence-electron chi connectivity index (χ3n) is 4.65. The number of nitriles is 1. The number of aromatic amines is 1. The van der Waals surface area contributed by atoms with E-state index in [0.717, 1.165) is 33.3 Å². The van der Waals surface area contributed by atoms with Crippen LogP contribution in [0, 0.1) is 11.3 Å². The molecule has 30 heavy (non-hydrogen) atoms. The molecule has 0 fully saturated rings. The summed E-state index contributed by atoms with van der Waals surface area (Å²) in [6, 6.07) is 13.1. The molecular formula is C23H17N5O2. The van der Waals surface area contributed by atoms with Crippen molar-refractivity contribution in [3.63, 3.8) is 0 Å². The van der Waals surface area contributed by atoms with Crippen LogP contribution in [-0.4, -0.2) is 28.0 Å². The average Bonchev–Trinajstić information content (AvgIpc) is 3.22. The van der Waals surface area contributed by atoms with Crippen molar-refractivity contribution in [2.75, 3.05) is 12.4 Å². The Labute approximate surface area is 172 Å². The van der Waals surface area contributed by atoms with Crippen LogP contribution in [0.1, 0.15) is 5.69 Å². The number of hydrogen-bond donors (Lipinski definition) is 2. The van der Waals surface area contributed by atoms with E-state index < -0.39 is 0 Å². The topological polar surface area (TPSA) is 104 Å². The highest BCUT2D eigenvalue weighted by molar-refractivity contribution is 6.00. The van der Waals surface area contributed by atoms with E-state index >= 15 is 0 Å². The van der Waals surface area contributed by atoms with Crippen LogP contribution in [0.4, 0.5) is 5.69 Å². The van der Waals surface area contributed by atoms with Crippen LogP contribution < -0.4 is 10.1 Å². The molecule has 1 amide bonds. The van der Waals surface area contributed by atoms with Gasteiger partial charge in [0.05, 0.1) is 7.11 Å². The number of aromatic nitrogens is 3. The van der Waals surface area contributed by atoms with Crippen molar-refractivity contribution in [3.05, 3.63) is 73.3 Å². The van der Waals surface area contributed by atoms with Gasteiger partial charge in [-0.15, -0.1) is 0 Å². The van der Waals surface area contributed by atoms with E-state index in [4.69, 9.17) is 10.00 Å². The lowest BCUT2D eigenvalue weighted by atomic mass is 10.0. The van der Waals surface area contributed by atoms with Crippen molar-refractivity contribution in [1.29, 1.82) is 5.26 Å². The number of nitrogens with one attached hydrogen (secondary N) is 2. The second-order valence-electron chi connectivity index (χ2n) is 6.51. The molecule has 7 heteroatoms. The number of pyridine rings is 2. The van der Waals surface area contributed by atoms with Gasteiger partial charge in [-0.05, 0) is 47.5 Å². The number of carbonyl (C=O) groups excluding carboxylic acids is 1. The summed E-state index contributed by atoms with van der Waals surface area (Å²) in [5.41, 5.74) is 5.15. The maximum Gasteiger partial charge on any atom is 0.247 e. The Hall–Kier alpha value is -4.44. The van der Waals surface area contributed by atoms with Crippen molar-refractivity contribution < 1.29 is 9.53 Å². The number of ether oxygens (including phenoxy) is 1. The average molecular weight is 395 g/mol. The minimum Gasteiger partial charge on any atom is -0.497 e. The van der Waals surface area contributed by atoms with Crippen molar-refractivity contribution in [2.24, 2.45) is 0 Å². The Morgan fingerprint density at radius 3 is 2.83 bits per heavy atom. The van der Waals surface area contributed by atoms with Crippen LogP contribution in [0.25, 0.3) is 33.3 Å². The normalized spacial score (nSPS) is 10.4. The molecule has 0 aliphatic carbocycles. The lowest BCUT2D eigenvalue weighted by Crippen LogP contribution is -2.07. The molecule has 0 bridgehead atoms. The predicted molar refractivity (Wildman–Crippen MR) is 115 cm³/mol. The lowest BCUT2D eigenvalue weighted by Gasteiger charge is -2.10. The molecule has 0 saturated heterocycles. The lowest BCUT2D eigenvalue weighted by molar-refractivity contribution is -0.111. The Bertz CT molecular complexity index is 1320. The highest BCUT2D eigenvalue weighted by Crippen LogP contribution is 2.33. The Kier molecular flexibility index (Phi) is 4.97. The number of carbonyl (C=O) groups is 1. The van der Waals surface area contributed by atoms with Crippen molar-refractivity contribution in [1.82, 2.24) is 15.0 Å². The standard InChI is InChI=1S/C23H17N5O2/c1-3-22(29)28-17-7-15(8-19(10-17)30-2)16-9-20-21(13-27-23(20)26-12-16)14-4-5-25-18(6-14)11-24/h3-10,12-13H,1H2,2H3,(H,26,27)(H,28,29). The SMILES string of the molecule is C=CC(=O)Nc1cc(OC)cc(-c2cnc3[nH]cc(-c4ccnc(C#N)c4)c3c2)c1. The zero-order valence-corrected chi connectivity index (χ0v) is 16.1. The Morgan fingerprint density at radius 2 is 2.07 bits per heavy atom. The molecule has 0 saturated carbocycles. The highest BCUT2D eigenvalue weighted by Gasteiger charge is 2.12. The first-order valence-electron chi connectivity index (χ1n) is 9.08. The molecule has 3 aromatic heterocycles. The number of H-pyrrole nitrogens is 1. The molecule has 0 spiro atoms. The van der Waals surface area contributed by atoms with Gasteiger partial charge in [0.1, 0.15) is 23.2 Å². The number of benzene rings is 1. The molecule has 4 rings (SSSR count). The number of anilines is 1. The second kappa shape index (κ2) is 7.89. The molecule has 0 aliphatic rings. The third-order valence-corrected chi connectivity index (χ3v) is 4.65. The van der Waals surface area contributed by atoms with Crippen LogP contribution in [0.3, 0.4) is 0 Å². The van der Waals surface area contributed by atoms with Gasteiger partial charge in [-0.3, -0.25) is 4.79 Å². The predicted octanol–water partition coefficient (Wildman–Crippen LogP) is 4.30. The van der Waals surface area contributed by atoms with Crippen LogP contribution in [-0.2, 0) is 4.79 Å². The van der Waals surface area contributed by atoms with Crippen LogP contribution in [0.2, 0.25) is 0 Å². The minimum absolute atomic E-state index is 0.304. The number of nitrogens with zero attached hydrogens (tertiary/aromatic N) is 3. The summed E-state index contributed by atoms with van der Waals surface area (Å²) >= 11 is 0. The number of rotatable bonds is 5. The first-order valence-corrected chi connectivity index (χ1v) is 9.08. The molecule has 146 valence electrons. The number of fused-ring (bicyclic) bond motifs is 1. The molecule has 0 radical (unpaired) electrons. The van der Waals surface area contributed by atoms with Gasteiger partial charge >= 0.3 is 0 Å². The largest absolute Gasteiger partial charge is 0.497 e. The summed E-state index contributed by atoms with van der Waals surface area (Å²) in [5.74, 6) is 0.302. The van der Waals surface area contributed by atoms with Crippen LogP contribution in [0.15, 0.2) is 67.6 Å². The molecule has 0 unspecified atom stereocenters. The fraction of sp³-hybridized carbons (Fsp3) is 0.0435. The van der Waals surface area contributed by atoms with Crippen molar-refractivity contribution in [3.8, 4) is 34.1 Å². The number of hydrogen-bond acceptors (Lipinski definition) is 5. The monoisotopic (exact) mass is 395 g/mol. The van der Waals surface area contributed by atoms with Gasteiger partial charge in [0, 0.05) is 46.9 Å². The van der Waals surface area contributed by atoms with E-state index in [0.29, 0.717) is 17.1 Å². The molecule has 1 aromatic carbocycles. The van der Waals surface area contributed by atoms with Gasteiger partial charge < -0.3 is 15.0 Å². The van der Waals surface area contributed by atoms with Gasteiger partial charge in [-0.2, -0.15) is 5.26 Å². The van der Waals surface area contributed by atoms with E-state index in [2.05, 4.69) is 32.9 Å². The summed E-state index contributed by atoms with van der Waals surface area (Å²) in [6.07, 6.45) is 6.44. The summed E-state index contributed by atoms with van der Waals surface area (Å²) < 4.78 is 5.38. The van der Waals surface area contributed by atoms with Crippen molar-refractivity contribution in [2.45, 2.75) is 0 Å². The molecular weight excluding hydrogens is 378 g/mol. The van der Waals surface area contributed by atoms with E-state index in [1.54, 1.807) is 31.6 Å². The minimum atomic E-state index is -0.304. The van der Waals surface area contributed by atoms with Gasteiger partial charge in [0.15, 0.2) is 0 Å². The summed E-state index contributed by atoms with van der Waals surface area (Å²) in [4.78, 5) is 23.4. The highest BCUT2D eigenvalue weighted by atomic mass is 16.5. The first-order chi connectivity index (χ1) is 14.6. The molecule has 2 N–H and O–H groups in total. The molecule has 4 aromatic rings.